The molecule has 2 N–H and O–H groups in total. The fourth-order valence-corrected chi connectivity index (χ4v) is 1.27. The molecule has 0 aliphatic carbocycles. The van der Waals surface area contributed by atoms with Crippen LogP contribution in [0.15, 0.2) is 18.2 Å². The second-order valence-electron chi connectivity index (χ2n) is 3.70. The predicted molar refractivity (Wildman–Crippen MR) is 61.7 cm³/mol. The first-order valence-corrected chi connectivity index (χ1v) is 5.55. The molecule has 0 bridgehead atoms. The predicted octanol–water partition coefficient (Wildman–Crippen LogP) is 1.32. The quantitative estimate of drug-likeness (QED) is 0.735. The maximum Gasteiger partial charge on any atom is 0.322 e. The minimum absolute atomic E-state index is 0.0656. The Morgan fingerprint density at radius 3 is 2.68 bits per heavy atom. The fraction of sp³-hybridized carbons (Fsp3) is 0.333. The van der Waals surface area contributed by atoms with Gasteiger partial charge in [-0.2, -0.15) is 0 Å². The van der Waals surface area contributed by atoms with Crippen LogP contribution in [0, 0.1) is 11.6 Å². The molecule has 5 nitrogen and oxygen atoms in total. The van der Waals surface area contributed by atoms with Crippen molar-refractivity contribution in [2.75, 3.05) is 13.2 Å². The van der Waals surface area contributed by atoms with E-state index in [9.17, 15) is 18.4 Å². The summed E-state index contributed by atoms with van der Waals surface area (Å²) in [5, 5.41) is 10.5. The molecule has 0 fully saturated rings. The number of carbonyl (C=O) groups is 2. The molecule has 1 aromatic rings. The monoisotopic (exact) mass is 273 g/mol. The van der Waals surface area contributed by atoms with E-state index in [4.69, 9.17) is 9.84 Å². The number of carbonyl (C=O) groups excluding carboxylic acids is 1. The smallest absolute Gasteiger partial charge is 0.322 e. The summed E-state index contributed by atoms with van der Waals surface area (Å²) in [7, 11) is 0. The van der Waals surface area contributed by atoms with Crippen LogP contribution in [0.4, 0.5) is 8.78 Å². The van der Waals surface area contributed by atoms with Crippen molar-refractivity contribution in [1.82, 2.24) is 5.32 Å². The van der Waals surface area contributed by atoms with E-state index in [1.807, 2.05) is 0 Å². The standard InChI is InChI=1S/C12H13F2NO4/c13-8-3-4-10(9(14)6-8)19-5-1-2-11(16)15-7-12(17)18/h3-4,6H,1-2,5,7H2,(H,15,16)(H,17,18). The number of halogens is 2. The van der Waals surface area contributed by atoms with Gasteiger partial charge in [-0.05, 0) is 18.6 Å². The van der Waals surface area contributed by atoms with Crippen LogP contribution in [0.5, 0.6) is 5.75 Å². The summed E-state index contributed by atoms with van der Waals surface area (Å²) in [5.74, 6) is -3.15. The summed E-state index contributed by atoms with van der Waals surface area (Å²) < 4.78 is 30.8. The Hall–Kier alpha value is -2.18. The van der Waals surface area contributed by atoms with E-state index in [2.05, 4.69) is 5.32 Å². The van der Waals surface area contributed by atoms with E-state index in [1.54, 1.807) is 0 Å². The van der Waals surface area contributed by atoms with Crippen molar-refractivity contribution < 1.29 is 28.2 Å². The van der Waals surface area contributed by atoms with Crippen LogP contribution >= 0.6 is 0 Å². The van der Waals surface area contributed by atoms with Crippen molar-refractivity contribution >= 4 is 11.9 Å². The first kappa shape index (κ1) is 14.9. The molecule has 0 saturated carbocycles. The average Bonchev–Trinajstić information content (AvgIpc) is 2.34. The molecule has 0 heterocycles. The molecular weight excluding hydrogens is 260 g/mol. The second kappa shape index (κ2) is 7.30. The molecule has 0 aromatic heterocycles. The minimum Gasteiger partial charge on any atom is -0.491 e. The van der Waals surface area contributed by atoms with E-state index in [-0.39, 0.29) is 18.8 Å². The lowest BCUT2D eigenvalue weighted by Gasteiger charge is -2.07. The summed E-state index contributed by atoms with van der Waals surface area (Å²) in [5.41, 5.74) is 0. The first-order chi connectivity index (χ1) is 8.99. The Kier molecular flexibility index (Phi) is 5.72. The molecular formula is C12H13F2NO4. The van der Waals surface area contributed by atoms with Crippen molar-refractivity contribution in [2.24, 2.45) is 0 Å². The molecule has 0 radical (unpaired) electrons. The second-order valence-corrected chi connectivity index (χ2v) is 3.70. The van der Waals surface area contributed by atoms with Crippen molar-refractivity contribution in [3.63, 3.8) is 0 Å². The lowest BCUT2D eigenvalue weighted by atomic mass is 10.3. The molecule has 7 heteroatoms. The molecule has 104 valence electrons. The van der Waals surface area contributed by atoms with Gasteiger partial charge in [-0.15, -0.1) is 0 Å². The van der Waals surface area contributed by atoms with Crippen LogP contribution < -0.4 is 10.1 Å². The van der Waals surface area contributed by atoms with Crippen LogP contribution in [0.3, 0.4) is 0 Å². The van der Waals surface area contributed by atoms with Crippen molar-refractivity contribution in [3.8, 4) is 5.75 Å². The summed E-state index contributed by atoms with van der Waals surface area (Å²) in [6.45, 7) is -0.366. The van der Waals surface area contributed by atoms with Gasteiger partial charge in [0.05, 0.1) is 6.61 Å². The normalized spacial score (nSPS) is 10.0. The number of carboxylic acids is 1. The lowest BCUT2D eigenvalue weighted by Crippen LogP contribution is -2.29. The Labute approximate surface area is 108 Å². The average molecular weight is 273 g/mol. The van der Waals surface area contributed by atoms with Crippen LogP contribution in [0.2, 0.25) is 0 Å². The van der Waals surface area contributed by atoms with Gasteiger partial charge < -0.3 is 15.2 Å². The molecule has 1 amide bonds. The van der Waals surface area contributed by atoms with Gasteiger partial charge in [0.25, 0.3) is 0 Å². The largest absolute Gasteiger partial charge is 0.491 e. The highest BCUT2D eigenvalue weighted by Gasteiger charge is 2.06. The van der Waals surface area contributed by atoms with Gasteiger partial charge in [0.15, 0.2) is 11.6 Å². The number of amides is 1. The number of benzene rings is 1. The molecule has 0 aliphatic heterocycles. The Morgan fingerprint density at radius 1 is 1.32 bits per heavy atom. The van der Waals surface area contributed by atoms with Gasteiger partial charge in [0.2, 0.25) is 5.91 Å². The third-order valence-corrected chi connectivity index (χ3v) is 2.14. The first-order valence-electron chi connectivity index (χ1n) is 5.55. The fourth-order valence-electron chi connectivity index (χ4n) is 1.27. The van der Waals surface area contributed by atoms with Gasteiger partial charge in [-0.1, -0.05) is 0 Å². The van der Waals surface area contributed by atoms with Gasteiger partial charge in [0, 0.05) is 12.5 Å². The third-order valence-electron chi connectivity index (χ3n) is 2.14. The summed E-state index contributed by atoms with van der Waals surface area (Å²) in [4.78, 5) is 21.3. The minimum atomic E-state index is -1.13. The zero-order valence-electron chi connectivity index (χ0n) is 9.99. The van der Waals surface area contributed by atoms with E-state index < -0.39 is 30.1 Å². The van der Waals surface area contributed by atoms with E-state index in [1.165, 1.54) is 0 Å². The summed E-state index contributed by atoms with van der Waals surface area (Å²) >= 11 is 0. The van der Waals surface area contributed by atoms with E-state index >= 15 is 0 Å². The number of nitrogens with one attached hydrogen (secondary N) is 1. The highest BCUT2D eigenvalue weighted by Crippen LogP contribution is 2.17. The number of carboxylic acid groups (broad SMARTS) is 1. The topological polar surface area (TPSA) is 75.6 Å². The summed E-state index contributed by atoms with van der Waals surface area (Å²) in [6, 6.07) is 2.93. The van der Waals surface area contributed by atoms with Gasteiger partial charge in [-0.3, -0.25) is 9.59 Å². The Morgan fingerprint density at radius 2 is 2.05 bits per heavy atom. The zero-order chi connectivity index (χ0) is 14.3. The Balaban J connectivity index is 2.23. The Bertz CT molecular complexity index is 465. The number of rotatable bonds is 7. The molecule has 0 aliphatic rings. The third kappa shape index (κ3) is 5.80. The maximum atomic E-state index is 13.1. The maximum absolute atomic E-state index is 13.1. The molecule has 0 unspecified atom stereocenters. The highest BCUT2D eigenvalue weighted by atomic mass is 19.1. The van der Waals surface area contributed by atoms with Crippen molar-refractivity contribution in [2.45, 2.75) is 12.8 Å². The van der Waals surface area contributed by atoms with E-state index in [0.29, 0.717) is 12.5 Å². The SMILES string of the molecule is O=C(O)CNC(=O)CCCOc1ccc(F)cc1F. The molecule has 0 spiro atoms. The van der Waals surface area contributed by atoms with Crippen LogP contribution in [0.1, 0.15) is 12.8 Å². The number of hydrogen-bond acceptors (Lipinski definition) is 3. The number of hydrogen-bond donors (Lipinski definition) is 2. The van der Waals surface area contributed by atoms with Gasteiger partial charge in [0.1, 0.15) is 12.4 Å². The van der Waals surface area contributed by atoms with Gasteiger partial charge in [-0.25, -0.2) is 8.78 Å². The van der Waals surface area contributed by atoms with Crippen molar-refractivity contribution in [3.05, 3.63) is 29.8 Å². The van der Waals surface area contributed by atoms with Crippen LogP contribution in [-0.4, -0.2) is 30.1 Å². The number of ether oxygens (including phenoxy) is 1. The summed E-state index contributed by atoms with van der Waals surface area (Å²) in [6.07, 6.45) is 0.359. The highest BCUT2D eigenvalue weighted by molar-refractivity contribution is 5.80. The molecule has 19 heavy (non-hydrogen) atoms. The van der Waals surface area contributed by atoms with Crippen LogP contribution in [-0.2, 0) is 9.59 Å². The zero-order valence-corrected chi connectivity index (χ0v) is 9.99. The van der Waals surface area contributed by atoms with Crippen molar-refractivity contribution in [1.29, 1.82) is 0 Å². The van der Waals surface area contributed by atoms with Crippen LogP contribution in [0.25, 0.3) is 0 Å². The number of aliphatic carboxylic acids is 1. The molecule has 0 saturated heterocycles. The van der Waals surface area contributed by atoms with E-state index in [0.717, 1.165) is 12.1 Å². The molecule has 0 atom stereocenters. The lowest BCUT2D eigenvalue weighted by molar-refractivity contribution is -0.137. The molecule has 1 rings (SSSR count). The van der Waals surface area contributed by atoms with Gasteiger partial charge >= 0.3 is 5.97 Å². The molecule has 1 aromatic carbocycles.